The van der Waals surface area contributed by atoms with E-state index in [1.807, 2.05) is 24.9 Å². The summed E-state index contributed by atoms with van der Waals surface area (Å²) in [5.41, 5.74) is 11.7. The number of nitrogens with two attached hydrogens (primary N) is 1. The Bertz CT molecular complexity index is 942. The van der Waals surface area contributed by atoms with Gasteiger partial charge in [-0.15, -0.1) is 10.2 Å². The predicted octanol–water partition coefficient (Wildman–Crippen LogP) is 5.30. The highest BCUT2D eigenvalue weighted by molar-refractivity contribution is 6.02. The Kier molecular flexibility index (Phi) is 5.78. The fourth-order valence-corrected chi connectivity index (χ4v) is 4.04. The van der Waals surface area contributed by atoms with Crippen LogP contribution in [0.1, 0.15) is 68.7 Å². The van der Waals surface area contributed by atoms with Gasteiger partial charge in [0.25, 0.3) is 0 Å². The third-order valence-corrected chi connectivity index (χ3v) is 5.57. The monoisotopic (exact) mass is 365 g/mol. The second-order valence-corrected chi connectivity index (χ2v) is 7.69. The van der Waals surface area contributed by atoms with Gasteiger partial charge in [-0.25, -0.2) is 0 Å². The number of aromatic nitrogens is 4. The molecule has 0 saturated heterocycles. The summed E-state index contributed by atoms with van der Waals surface area (Å²) < 4.78 is 1.82. The van der Waals surface area contributed by atoms with Gasteiger partial charge in [0.15, 0.2) is 5.82 Å². The van der Waals surface area contributed by atoms with E-state index in [1.165, 1.54) is 43.2 Å². The van der Waals surface area contributed by atoms with E-state index in [0.29, 0.717) is 11.7 Å². The summed E-state index contributed by atoms with van der Waals surface area (Å²) in [7, 11) is 1.93. The van der Waals surface area contributed by atoms with Gasteiger partial charge < -0.3 is 5.73 Å². The molecule has 0 amide bonds. The van der Waals surface area contributed by atoms with Gasteiger partial charge in [0.1, 0.15) is 5.69 Å². The van der Waals surface area contributed by atoms with Crippen LogP contribution in [0.25, 0.3) is 22.0 Å². The molecule has 3 rings (SSSR count). The van der Waals surface area contributed by atoms with Gasteiger partial charge in [-0.1, -0.05) is 51.7 Å². The van der Waals surface area contributed by atoms with E-state index in [9.17, 15) is 0 Å². The third-order valence-electron chi connectivity index (χ3n) is 5.57. The Hall–Kier alpha value is -2.43. The number of anilines is 1. The minimum Gasteiger partial charge on any atom is -0.382 e. The van der Waals surface area contributed by atoms with Gasteiger partial charge >= 0.3 is 0 Å². The number of hydrogen-bond donors (Lipinski definition) is 1. The van der Waals surface area contributed by atoms with E-state index in [1.54, 1.807) is 0 Å². The topological polar surface area (TPSA) is 69.6 Å². The van der Waals surface area contributed by atoms with Crippen molar-refractivity contribution in [2.75, 3.05) is 5.73 Å². The van der Waals surface area contributed by atoms with E-state index in [-0.39, 0.29) is 0 Å². The van der Waals surface area contributed by atoms with Crippen molar-refractivity contribution in [2.24, 2.45) is 7.05 Å². The summed E-state index contributed by atoms with van der Waals surface area (Å²) in [4.78, 5) is 0. The van der Waals surface area contributed by atoms with Crippen molar-refractivity contribution >= 4 is 16.6 Å². The summed E-state index contributed by atoms with van der Waals surface area (Å²) in [6, 6.07) is 4.33. The first-order valence-corrected chi connectivity index (χ1v) is 10.00. The van der Waals surface area contributed by atoms with Crippen molar-refractivity contribution in [3.63, 3.8) is 0 Å². The molecule has 0 radical (unpaired) electrons. The lowest BCUT2D eigenvalue weighted by atomic mass is 9.88. The Morgan fingerprint density at radius 1 is 1.11 bits per heavy atom. The maximum atomic E-state index is 6.16. The standard InChI is InChI=1S/C22H31N5/c1-6-7-8-9-10-14(2)17-11-12-18-20(15(17)3)21(24-25-22(18)23)19-13-27(5)26-16(19)4/h11-14H,6-10H2,1-5H3,(H2,23,25). The fraction of sp³-hybridized carbons (Fsp3) is 0.500. The van der Waals surface area contributed by atoms with Crippen molar-refractivity contribution in [1.29, 1.82) is 0 Å². The van der Waals surface area contributed by atoms with Crippen LogP contribution in [0, 0.1) is 13.8 Å². The molecular weight excluding hydrogens is 334 g/mol. The predicted molar refractivity (Wildman–Crippen MR) is 113 cm³/mol. The minimum atomic E-state index is 0.487. The Morgan fingerprint density at radius 3 is 2.56 bits per heavy atom. The number of fused-ring (bicyclic) bond motifs is 1. The Balaban J connectivity index is 2.08. The fourth-order valence-electron chi connectivity index (χ4n) is 4.04. The van der Waals surface area contributed by atoms with E-state index < -0.39 is 0 Å². The largest absolute Gasteiger partial charge is 0.382 e. The van der Waals surface area contributed by atoms with E-state index in [0.717, 1.165) is 27.7 Å². The van der Waals surface area contributed by atoms with Crippen LogP contribution in [0.3, 0.4) is 0 Å². The molecule has 5 nitrogen and oxygen atoms in total. The summed E-state index contributed by atoms with van der Waals surface area (Å²) in [5, 5.41) is 15.2. The van der Waals surface area contributed by atoms with E-state index in [4.69, 9.17) is 5.73 Å². The number of nitrogens with zero attached hydrogens (tertiary/aromatic N) is 4. The summed E-state index contributed by atoms with van der Waals surface area (Å²) in [5.74, 6) is 1.00. The summed E-state index contributed by atoms with van der Waals surface area (Å²) in [6.45, 7) is 8.78. The molecule has 1 atom stereocenters. The number of hydrogen-bond acceptors (Lipinski definition) is 4. The molecular formula is C22H31N5. The van der Waals surface area contributed by atoms with Crippen molar-refractivity contribution in [1.82, 2.24) is 20.0 Å². The highest BCUT2D eigenvalue weighted by Gasteiger charge is 2.19. The molecule has 0 aliphatic carbocycles. The average molecular weight is 366 g/mol. The third kappa shape index (κ3) is 3.82. The van der Waals surface area contributed by atoms with Crippen LogP contribution in [0.2, 0.25) is 0 Å². The lowest BCUT2D eigenvalue weighted by Gasteiger charge is -2.18. The molecule has 2 N–H and O–H groups in total. The summed E-state index contributed by atoms with van der Waals surface area (Å²) in [6.07, 6.45) is 8.40. The molecule has 1 unspecified atom stereocenters. The summed E-state index contributed by atoms with van der Waals surface area (Å²) >= 11 is 0. The zero-order chi connectivity index (χ0) is 19.6. The van der Waals surface area contributed by atoms with Crippen LogP contribution in [0.4, 0.5) is 5.82 Å². The maximum absolute atomic E-state index is 6.16. The first kappa shape index (κ1) is 19.3. The number of nitrogen functional groups attached to an aromatic ring is 1. The smallest absolute Gasteiger partial charge is 0.154 e. The second kappa shape index (κ2) is 8.07. The van der Waals surface area contributed by atoms with Crippen molar-refractivity contribution in [2.45, 2.75) is 65.7 Å². The molecule has 0 aliphatic rings. The van der Waals surface area contributed by atoms with Crippen LogP contribution in [0.15, 0.2) is 18.3 Å². The van der Waals surface area contributed by atoms with Gasteiger partial charge in [-0.05, 0) is 37.3 Å². The maximum Gasteiger partial charge on any atom is 0.154 e. The lowest BCUT2D eigenvalue weighted by molar-refractivity contribution is 0.579. The molecule has 0 bridgehead atoms. The highest BCUT2D eigenvalue weighted by atomic mass is 15.3. The molecule has 1 aromatic carbocycles. The molecule has 3 aromatic rings. The molecule has 144 valence electrons. The van der Waals surface area contributed by atoms with Gasteiger partial charge in [-0.3, -0.25) is 4.68 Å². The lowest BCUT2D eigenvalue weighted by Crippen LogP contribution is -2.03. The van der Waals surface area contributed by atoms with Gasteiger partial charge in [0, 0.05) is 29.6 Å². The number of unbranched alkanes of at least 4 members (excludes halogenated alkanes) is 3. The quantitative estimate of drug-likeness (QED) is 0.577. The molecule has 0 saturated carbocycles. The first-order chi connectivity index (χ1) is 12.9. The zero-order valence-electron chi connectivity index (χ0n) is 17.2. The number of rotatable bonds is 7. The molecule has 0 fully saturated rings. The molecule has 2 heterocycles. The second-order valence-electron chi connectivity index (χ2n) is 7.69. The van der Waals surface area contributed by atoms with Crippen LogP contribution >= 0.6 is 0 Å². The molecule has 0 aliphatic heterocycles. The van der Waals surface area contributed by atoms with E-state index >= 15 is 0 Å². The van der Waals surface area contributed by atoms with Crippen molar-refractivity contribution < 1.29 is 0 Å². The molecule has 27 heavy (non-hydrogen) atoms. The first-order valence-electron chi connectivity index (χ1n) is 10.00. The minimum absolute atomic E-state index is 0.487. The Labute approximate surface area is 162 Å². The zero-order valence-corrected chi connectivity index (χ0v) is 17.2. The van der Waals surface area contributed by atoms with Crippen LogP contribution in [-0.4, -0.2) is 20.0 Å². The molecule has 5 heteroatoms. The van der Waals surface area contributed by atoms with Crippen molar-refractivity contribution in [3.8, 4) is 11.3 Å². The number of aryl methyl sites for hydroxylation is 3. The SMILES string of the molecule is CCCCCCC(C)c1ccc2c(N)nnc(-c3cn(C)nc3C)c2c1C. The van der Waals surface area contributed by atoms with Gasteiger partial charge in [0.05, 0.1) is 5.69 Å². The van der Waals surface area contributed by atoms with Gasteiger partial charge in [-0.2, -0.15) is 5.10 Å². The van der Waals surface area contributed by atoms with Crippen LogP contribution < -0.4 is 5.73 Å². The number of benzene rings is 1. The molecule has 0 spiro atoms. The Morgan fingerprint density at radius 2 is 1.89 bits per heavy atom. The normalized spacial score (nSPS) is 12.6. The van der Waals surface area contributed by atoms with Crippen LogP contribution in [-0.2, 0) is 7.05 Å². The average Bonchev–Trinajstić information content (AvgIpc) is 2.97. The van der Waals surface area contributed by atoms with Crippen LogP contribution in [0.5, 0.6) is 0 Å². The highest BCUT2D eigenvalue weighted by Crippen LogP contribution is 2.36. The van der Waals surface area contributed by atoms with Gasteiger partial charge in [0.2, 0.25) is 0 Å². The van der Waals surface area contributed by atoms with E-state index in [2.05, 4.69) is 48.2 Å². The molecule has 2 aromatic heterocycles. The van der Waals surface area contributed by atoms with Crippen molar-refractivity contribution in [3.05, 3.63) is 35.2 Å².